The fraction of sp³-hybridized carbons (Fsp3) is 0.667. The van der Waals surface area contributed by atoms with Crippen molar-refractivity contribution in [2.45, 2.75) is 24.7 Å². The molecule has 20 heavy (non-hydrogen) atoms. The maximum atomic E-state index is 11.1. The van der Waals surface area contributed by atoms with Crippen molar-refractivity contribution >= 4 is 26.2 Å². The Kier molecular flexibility index (Phi) is 4.92. The van der Waals surface area contributed by atoms with Crippen LogP contribution in [0.1, 0.15) is 6.42 Å². The number of carbonyl (C=O) groups is 1. The number of carboxylic acid groups (broad SMARTS) is 1. The van der Waals surface area contributed by atoms with Gasteiger partial charge in [0, 0.05) is 12.0 Å². The van der Waals surface area contributed by atoms with Gasteiger partial charge in [0.25, 0.3) is 20.2 Å². The summed E-state index contributed by atoms with van der Waals surface area (Å²) < 4.78 is 53.3. The second-order valence-electron chi connectivity index (χ2n) is 4.30. The smallest absolute Gasteiger partial charge is 0.331 e. The van der Waals surface area contributed by atoms with Crippen LogP contribution in [0.5, 0.6) is 0 Å². The van der Waals surface area contributed by atoms with Crippen molar-refractivity contribution < 1.29 is 40.2 Å². The van der Waals surface area contributed by atoms with Crippen LogP contribution in [0.4, 0.5) is 0 Å². The molecule has 0 aromatic carbocycles. The fourth-order valence-corrected chi connectivity index (χ4v) is 2.88. The first kappa shape index (κ1) is 17.0. The summed E-state index contributed by atoms with van der Waals surface area (Å²) in [5, 5.41) is 18.7. The molecule has 0 amide bonds. The van der Waals surface area contributed by atoms with E-state index in [1.807, 2.05) is 0 Å². The second kappa shape index (κ2) is 5.77. The fourth-order valence-electron chi connectivity index (χ4n) is 1.67. The third kappa shape index (κ3) is 5.17. The first-order valence-electron chi connectivity index (χ1n) is 5.27. The molecule has 1 rings (SSSR count). The van der Waals surface area contributed by atoms with Crippen molar-refractivity contribution in [1.82, 2.24) is 0 Å². The van der Waals surface area contributed by atoms with Crippen molar-refractivity contribution in [3.63, 3.8) is 0 Å². The van der Waals surface area contributed by atoms with Gasteiger partial charge in [-0.25, -0.2) is 4.79 Å². The van der Waals surface area contributed by atoms with E-state index in [0.29, 0.717) is 0 Å². The standard InChI is InChI=1S/C9H14O9S2/c1-19(13,14)17-6-3-5(9(11)12)4-7(8(6)10)18-20(2,15)16/h3,6-8,10H,4H2,1-2H3,(H,11,12)/t6-,7-,8-/m1/s1. The number of carboxylic acids is 1. The molecule has 0 saturated carbocycles. The normalized spacial score (nSPS) is 27.9. The summed E-state index contributed by atoms with van der Waals surface area (Å²) in [5.41, 5.74) is -0.308. The predicted octanol–water partition coefficient (Wildman–Crippen LogP) is -1.55. The van der Waals surface area contributed by atoms with Crippen LogP contribution < -0.4 is 0 Å². The molecule has 0 unspecified atom stereocenters. The molecule has 0 bridgehead atoms. The first-order valence-corrected chi connectivity index (χ1v) is 8.91. The minimum absolute atomic E-state index is 0.308. The molecule has 0 saturated heterocycles. The topological polar surface area (TPSA) is 144 Å². The Morgan fingerprint density at radius 3 is 2.10 bits per heavy atom. The molecule has 3 atom stereocenters. The minimum atomic E-state index is -3.98. The Labute approximate surface area is 116 Å². The van der Waals surface area contributed by atoms with E-state index in [0.717, 1.165) is 18.6 Å². The Morgan fingerprint density at radius 2 is 1.70 bits per heavy atom. The molecule has 9 nitrogen and oxygen atoms in total. The highest BCUT2D eigenvalue weighted by atomic mass is 32.2. The van der Waals surface area contributed by atoms with Gasteiger partial charge in [-0.2, -0.15) is 16.8 Å². The molecule has 0 fully saturated rings. The molecular weight excluding hydrogens is 316 g/mol. The zero-order valence-electron chi connectivity index (χ0n) is 10.6. The van der Waals surface area contributed by atoms with Gasteiger partial charge >= 0.3 is 5.97 Å². The number of hydrogen-bond donors (Lipinski definition) is 2. The quantitative estimate of drug-likeness (QED) is 0.572. The SMILES string of the molecule is CS(=O)(=O)O[C@@H]1C=C(C(=O)O)C[C@@H](OS(C)(=O)=O)[C@@H]1O. The lowest BCUT2D eigenvalue weighted by Crippen LogP contribution is -2.45. The van der Waals surface area contributed by atoms with Gasteiger partial charge in [0.05, 0.1) is 12.5 Å². The highest BCUT2D eigenvalue weighted by Gasteiger charge is 2.38. The molecule has 1 aliphatic carbocycles. The summed E-state index contributed by atoms with van der Waals surface area (Å²) >= 11 is 0. The Morgan fingerprint density at radius 1 is 1.20 bits per heavy atom. The van der Waals surface area contributed by atoms with Gasteiger partial charge in [0.1, 0.15) is 18.3 Å². The van der Waals surface area contributed by atoms with Crippen LogP contribution in [-0.4, -0.2) is 63.8 Å². The lowest BCUT2D eigenvalue weighted by atomic mass is 9.92. The highest BCUT2D eigenvalue weighted by molar-refractivity contribution is 7.86. The third-order valence-corrected chi connectivity index (χ3v) is 3.53. The highest BCUT2D eigenvalue weighted by Crippen LogP contribution is 2.26. The summed E-state index contributed by atoms with van der Waals surface area (Å²) in [6.07, 6.45) is -2.64. The van der Waals surface area contributed by atoms with Gasteiger partial charge in [-0.05, 0) is 6.08 Å². The van der Waals surface area contributed by atoms with Crippen LogP contribution in [0.2, 0.25) is 0 Å². The molecule has 0 radical (unpaired) electrons. The lowest BCUT2D eigenvalue weighted by molar-refractivity contribution is -0.133. The van der Waals surface area contributed by atoms with E-state index >= 15 is 0 Å². The van der Waals surface area contributed by atoms with Crippen LogP contribution >= 0.6 is 0 Å². The van der Waals surface area contributed by atoms with E-state index in [1.165, 1.54) is 0 Å². The first-order chi connectivity index (χ1) is 8.89. The molecule has 116 valence electrons. The minimum Gasteiger partial charge on any atom is -0.478 e. The lowest BCUT2D eigenvalue weighted by Gasteiger charge is -2.30. The van der Waals surface area contributed by atoms with Gasteiger partial charge in [-0.1, -0.05) is 0 Å². The number of aliphatic carboxylic acids is 1. The predicted molar refractivity (Wildman–Crippen MR) is 65.8 cm³/mol. The summed E-state index contributed by atoms with van der Waals surface area (Å²) in [5.74, 6) is -1.39. The van der Waals surface area contributed by atoms with Crippen molar-refractivity contribution in [3.05, 3.63) is 11.6 Å². The van der Waals surface area contributed by atoms with Crippen LogP contribution in [0.25, 0.3) is 0 Å². The Balaban J connectivity index is 3.09. The average molecular weight is 330 g/mol. The van der Waals surface area contributed by atoms with Crippen LogP contribution in [0.15, 0.2) is 11.6 Å². The van der Waals surface area contributed by atoms with E-state index in [-0.39, 0.29) is 5.57 Å². The van der Waals surface area contributed by atoms with E-state index in [2.05, 4.69) is 8.37 Å². The van der Waals surface area contributed by atoms with E-state index < -0.39 is 50.9 Å². The monoisotopic (exact) mass is 330 g/mol. The molecule has 0 aliphatic heterocycles. The van der Waals surface area contributed by atoms with Gasteiger partial charge in [0.15, 0.2) is 0 Å². The third-order valence-electron chi connectivity index (χ3n) is 2.36. The van der Waals surface area contributed by atoms with Crippen LogP contribution in [-0.2, 0) is 33.4 Å². The molecule has 11 heteroatoms. The molecule has 0 aromatic heterocycles. The maximum Gasteiger partial charge on any atom is 0.331 e. The molecule has 2 N–H and O–H groups in total. The average Bonchev–Trinajstić information content (AvgIpc) is 2.19. The van der Waals surface area contributed by atoms with E-state index in [9.17, 15) is 26.7 Å². The number of aliphatic hydroxyl groups excluding tert-OH is 1. The van der Waals surface area contributed by atoms with E-state index in [1.54, 1.807) is 0 Å². The molecular formula is C9H14O9S2. The van der Waals surface area contributed by atoms with Crippen molar-refractivity contribution in [3.8, 4) is 0 Å². The van der Waals surface area contributed by atoms with Crippen LogP contribution in [0.3, 0.4) is 0 Å². The molecule has 0 spiro atoms. The number of rotatable bonds is 5. The van der Waals surface area contributed by atoms with Crippen molar-refractivity contribution in [1.29, 1.82) is 0 Å². The van der Waals surface area contributed by atoms with Crippen LogP contribution in [0, 0.1) is 0 Å². The van der Waals surface area contributed by atoms with E-state index in [4.69, 9.17) is 5.11 Å². The van der Waals surface area contributed by atoms with Gasteiger partial charge in [-0.15, -0.1) is 0 Å². The summed E-state index contributed by atoms with van der Waals surface area (Å²) in [7, 11) is -7.93. The number of hydrogen-bond acceptors (Lipinski definition) is 8. The second-order valence-corrected chi connectivity index (χ2v) is 7.50. The van der Waals surface area contributed by atoms with Gasteiger partial charge in [-0.3, -0.25) is 8.37 Å². The summed E-state index contributed by atoms with van der Waals surface area (Å²) in [6, 6.07) is 0. The van der Waals surface area contributed by atoms with Gasteiger partial charge < -0.3 is 10.2 Å². The van der Waals surface area contributed by atoms with Crippen molar-refractivity contribution in [2.24, 2.45) is 0 Å². The Hall–Kier alpha value is -1.01. The van der Waals surface area contributed by atoms with Crippen molar-refractivity contribution in [2.75, 3.05) is 12.5 Å². The van der Waals surface area contributed by atoms with Gasteiger partial charge in [0.2, 0.25) is 0 Å². The molecule has 0 aromatic rings. The zero-order chi connectivity index (χ0) is 15.7. The Bertz CT molecular complexity index is 616. The summed E-state index contributed by atoms with van der Waals surface area (Å²) in [6.45, 7) is 0. The maximum absolute atomic E-state index is 11.1. The largest absolute Gasteiger partial charge is 0.478 e. The molecule has 1 aliphatic rings. The summed E-state index contributed by atoms with van der Waals surface area (Å²) in [4.78, 5) is 10.9. The zero-order valence-corrected chi connectivity index (χ0v) is 12.2. The number of aliphatic hydroxyl groups is 1. The molecule has 0 heterocycles.